The lowest BCUT2D eigenvalue weighted by Crippen LogP contribution is -2.06. The lowest BCUT2D eigenvalue weighted by atomic mass is 10.2. The van der Waals surface area contributed by atoms with Crippen molar-refractivity contribution in [3.8, 4) is 0 Å². The van der Waals surface area contributed by atoms with Gasteiger partial charge in [-0.15, -0.1) is 0 Å². The van der Waals surface area contributed by atoms with Crippen molar-refractivity contribution in [2.24, 2.45) is 5.73 Å². The molecule has 66 valence electrons. The molecule has 0 aromatic carbocycles. The number of hydrogen-bond acceptors (Lipinski definition) is 3. The van der Waals surface area contributed by atoms with E-state index < -0.39 is 11.9 Å². The molecule has 4 heteroatoms. The van der Waals surface area contributed by atoms with Crippen LogP contribution in [0, 0.1) is 0 Å². The Labute approximate surface area is 70.7 Å². The molecule has 12 heavy (non-hydrogen) atoms. The van der Waals surface area contributed by atoms with Crippen LogP contribution in [0.2, 0.25) is 0 Å². The number of allylic oxidation sites excluding steroid dienone is 1. The first kappa shape index (κ1) is 10.4. The van der Waals surface area contributed by atoms with Crippen molar-refractivity contribution in [1.82, 2.24) is 0 Å². The van der Waals surface area contributed by atoms with Gasteiger partial charge in [0.05, 0.1) is 7.11 Å². The number of nitrogens with two attached hydrogens (primary N) is 1. The zero-order valence-electron chi connectivity index (χ0n) is 6.87. The topological polar surface area (TPSA) is 69.4 Å². The second-order valence-electron chi connectivity index (χ2n) is 2.10. The van der Waals surface area contributed by atoms with Gasteiger partial charge in [0.15, 0.2) is 0 Å². The standard InChI is InChI=1S/C8H11NO3/c1-6(8(11)12-2)4-3-5-7(9)10/h3,5H,1,4H2,2H3,(H2,9,10). The van der Waals surface area contributed by atoms with E-state index in [-0.39, 0.29) is 12.0 Å². The van der Waals surface area contributed by atoms with Crippen molar-refractivity contribution in [1.29, 1.82) is 0 Å². The average molecular weight is 169 g/mol. The zero-order valence-corrected chi connectivity index (χ0v) is 6.87. The van der Waals surface area contributed by atoms with E-state index in [4.69, 9.17) is 5.73 Å². The van der Waals surface area contributed by atoms with Gasteiger partial charge >= 0.3 is 5.97 Å². The molecular weight excluding hydrogens is 158 g/mol. The van der Waals surface area contributed by atoms with Crippen molar-refractivity contribution >= 4 is 11.9 Å². The van der Waals surface area contributed by atoms with Gasteiger partial charge in [0.2, 0.25) is 5.91 Å². The van der Waals surface area contributed by atoms with Crippen LogP contribution in [0.1, 0.15) is 6.42 Å². The molecule has 0 aliphatic rings. The summed E-state index contributed by atoms with van der Waals surface area (Å²) in [6.07, 6.45) is 2.91. The van der Waals surface area contributed by atoms with E-state index in [2.05, 4.69) is 11.3 Å². The molecule has 0 spiro atoms. The molecule has 0 atom stereocenters. The van der Waals surface area contributed by atoms with Gasteiger partial charge in [-0.1, -0.05) is 12.7 Å². The highest BCUT2D eigenvalue weighted by molar-refractivity contribution is 5.89. The van der Waals surface area contributed by atoms with Gasteiger partial charge in [0.25, 0.3) is 0 Å². The number of primary amides is 1. The van der Waals surface area contributed by atoms with Gasteiger partial charge in [0, 0.05) is 5.57 Å². The number of amides is 1. The first-order chi connectivity index (χ1) is 5.57. The Morgan fingerprint density at radius 1 is 1.58 bits per heavy atom. The Kier molecular flexibility index (Phi) is 4.45. The lowest BCUT2D eigenvalue weighted by Gasteiger charge is -1.97. The Bertz CT molecular complexity index is 230. The molecule has 2 N–H and O–H groups in total. The molecule has 0 aromatic heterocycles. The van der Waals surface area contributed by atoms with E-state index in [1.807, 2.05) is 0 Å². The molecule has 0 rings (SSSR count). The fourth-order valence-electron chi connectivity index (χ4n) is 0.545. The maximum absolute atomic E-state index is 10.7. The number of methoxy groups -OCH3 is 1. The summed E-state index contributed by atoms with van der Waals surface area (Å²) < 4.78 is 4.38. The summed E-state index contributed by atoms with van der Waals surface area (Å²) in [6, 6.07) is 0. The number of hydrogen-bond donors (Lipinski definition) is 1. The van der Waals surface area contributed by atoms with Crippen LogP contribution in [0.5, 0.6) is 0 Å². The van der Waals surface area contributed by atoms with Crippen LogP contribution in [-0.4, -0.2) is 19.0 Å². The third-order valence-electron chi connectivity index (χ3n) is 1.12. The molecular formula is C8H11NO3. The van der Waals surface area contributed by atoms with E-state index in [9.17, 15) is 9.59 Å². The van der Waals surface area contributed by atoms with Crippen LogP contribution in [-0.2, 0) is 14.3 Å². The molecule has 0 unspecified atom stereocenters. The Morgan fingerprint density at radius 2 is 2.17 bits per heavy atom. The normalized spacial score (nSPS) is 9.75. The number of esters is 1. The minimum Gasteiger partial charge on any atom is -0.466 e. The molecule has 0 aliphatic heterocycles. The minimum atomic E-state index is -0.548. The minimum absolute atomic E-state index is 0.273. The zero-order chi connectivity index (χ0) is 9.56. The highest BCUT2D eigenvalue weighted by atomic mass is 16.5. The smallest absolute Gasteiger partial charge is 0.333 e. The molecule has 0 heterocycles. The molecule has 4 nitrogen and oxygen atoms in total. The fourth-order valence-corrected chi connectivity index (χ4v) is 0.545. The fraction of sp³-hybridized carbons (Fsp3) is 0.250. The van der Waals surface area contributed by atoms with Crippen molar-refractivity contribution < 1.29 is 14.3 Å². The summed E-state index contributed by atoms with van der Waals surface area (Å²) in [4.78, 5) is 20.9. The van der Waals surface area contributed by atoms with E-state index in [1.165, 1.54) is 19.3 Å². The van der Waals surface area contributed by atoms with Crippen LogP contribution < -0.4 is 5.73 Å². The number of ether oxygens (including phenoxy) is 1. The second-order valence-corrected chi connectivity index (χ2v) is 2.10. The van der Waals surface area contributed by atoms with Crippen LogP contribution in [0.15, 0.2) is 24.3 Å². The first-order valence-corrected chi connectivity index (χ1v) is 3.30. The summed E-state index contributed by atoms with van der Waals surface area (Å²) in [5.74, 6) is -1.03. The van der Waals surface area contributed by atoms with Crippen molar-refractivity contribution in [2.45, 2.75) is 6.42 Å². The van der Waals surface area contributed by atoms with Crippen LogP contribution in [0.4, 0.5) is 0 Å². The van der Waals surface area contributed by atoms with Crippen LogP contribution >= 0.6 is 0 Å². The van der Waals surface area contributed by atoms with Gasteiger partial charge in [-0.3, -0.25) is 4.79 Å². The second kappa shape index (κ2) is 5.12. The Morgan fingerprint density at radius 3 is 2.58 bits per heavy atom. The summed E-state index contributed by atoms with van der Waals surface area (Å²) in [5.41, 5.74) is 5.10. The van der Waals surface area contributed by atoms with Crippen LogP contribution in [0.25, 0.3) is 0 Å². The monoisotopic (exact) mass is 169 g/mol. The quantitative estimate of drug-likeness (QED) is 0.481. The molecule has 0 aromatic rings. The number of carbonyl (C=O) groups excluding carboxylic acids is 2. The summed E-state index contributed by atoms with van der Waals surface area (Å²) >= 11 is 0. The molecule has 0 radical (unpaired) electrons. The summed E-state index contributed by atoms with van der Waals surface area (Å²) in [5, 5.41) is 0. The highest BCUT2D eigenvalue weighted by Gasteiger charge is 2.02. The predicted molar refractivity (Wildman–Crippen MR) is 44.1 cm³/mol. The average Bonchev–Trinajstić information content (AvgIpc) is 2.02. The van der Waals surface area contributed by atoms with E-state index in [1.54, 1.807) is 0 Å². The maximum Gasteiger partial charge on any atom is 0.333 e. The maximum atomic E-state index is 10.7. The number of carbonyl (C=O) groups is 2. The highest BCUT2D eigenvalue weighted by Crippen LogP contribution is 2.00. The van der Waals surface area contributed by atoms with Crippen molar-refractivity contribution in [3.05, 3.63) is 24.3 Å². The van der Waals surface area contributed by atoms with E-state index >= 15 is 0 Å². The van der Waals surface area contributed by atoms with Crippen molar-refractivity contribution in [2.75, 3.05) is 7.11 Å². The van der Waals surface area contributed by atoms with Gasteiger partial charge in [-0.25, -0.2) is 4.79 Å². The van der Waals surface area contributed by atoms with Gasteiger partial charge in [-0.2, -0.15) is 0 Å². The largest absolute Gasteiger partial charge is 0.466 e. The van der Waals surface area contributed by atoms with Crippen LogP contribution in [0.3, 0.4) is 0 Å². The molecule has 0 saturated carbocycles. The van der Waals surface area contributed by atoms with E-state index in [0.29, 0.717) is 0 Å². The predicted octanol–water partition coefficient (Wildman–Crippen LogP) is 0.147. The molecule has 1 amide bonds. The van der Waals surface area contributed by atoms with Gasteiger partial charge in [0.1, 0.15) is 0 Å². The Balaban J connectivity index is 3.87. The number of rotatable bonds is 4. The molecule has 0 fully saturated rings. The SMILES string of the molecule is C=C(CC=CC(N)=O)C(=O)OC. The third-order valence-corrected chi connectivity index (χ3v) is 1.12. The van der Waals surface area contributed by atoms with Gasteiger partial charge < -0.3 is 10.5 Å². The Hall–Kier alpha value is -1.58. The molecule has 0 aliphatic carbocycles. The molecule has 0 saturated heterocycles. The van der Waals surface area contributed by atoms with Gasteiger partial charge in [-0.05, 0) is 12.5 Å². The summed E-state index contributed by atoms with van der Waals surface area (Å²) in [7, 11) is 1.27. The van der Waals surface area contributed by atoms with Crippen molar-refractivity contribution in [3.63, 3.8) is 0 Å². The first-order valence-electron chi connectivity index (χ1n) is 3.30. The third kappa shape index (κ3) is 4.27. The molecule has 0 bridgehead atoms. The lowest BCUT2D eigenvalue weighted by molar-refractivity contribution is -0.136. The van der Waals surface area contributed by atoms with E-state index in [0.717, 1.165) is 0 Å². The summed E-state index contributed by atoms with van der Waals surface area (Å²) in [6.45, 7) is 3.44.